The average Bonchev–Trinajstić information content (AvgIpc) is 2.98. The van der Waals surface area contributed by atoms with Crippen molar-refractivity contribution in [3.8, 4) is 6.19 Å². The molecule has 0 spiro atoms. The van der Waals surface area contributed by atoms with Crippen molar-refractivity contribution in [2.45, 2.75) is 18.6 Å². The van der Waals surface area contributed by atoms with Crippen LogP contribution in [0.3, 0.4) is 0 Å². The fourth-order valence-electron chi connectivity index (χ4n) is 2.19. The molecule has 0 aliphatic carbocycles. The second-order valence-electron chi connectivity index (χ2n) is 4.74. The Morgan fingerprint density at radius 1 is 1.43 bits per heavy atom. The molecule has 0 aliphatic rings. The van der Waals surface area contributed by atoms with Gasteiger partial charge in [0, 0.05) is 18.0 Å². The van der Waals surface area contributed by atoms with Gasteiger partial charge in [-0.15, -0.1) is 5.10 Å². The molecule has 116 valence electrons. The Bertz CT molecular complexity index is 966. The minimum absolute atomic E-state index is 0.455. The summed E-state index contributed by atoms with van der Waals surface area (Å²) in [4.78, 5) is 12.4. The summed E-state index contributed by atoms with van der Waals surface area (Å²) < 4.78 is 3.57. The van der Waals surface area contributed by atoms with E-state index < -0.39 is 0 Å². The molecule has 0 N–H and O–H groups in total. The van der Waals surface area contributed by atoms with Gasteiger partial charge < -0.3 is 4.57 Å². The van der Waals surface area contributed by atoms with Crippen LogP contribution in [0.5, 0.6) is 0 Å². The molecular formula is C14H12ClN7S. The Hall–Kier alpha value is -2.37. The number of nitrogens with zero attached hydrogens (tertiary/aromatic N) is 7. The molecule has 0 bridgehead atoms. The van der Waals surface area contributed by atoms with Crippen LogP contribution < -0.4 is 5.49 Å². The normalized spacial score (nSPS) is 11.8. The molecule has 3 aromatic heterocycles. The van der Waals surface area contributed by atoms with Crippen LogP contribution >= 0.6 is 23.4 Å². The number of halogens is 1. The minimum atomic E-state index is 0.455. The van der Waals surface area contributed by atoms with Gasteiger partial charge >= 0.3 is 0 Å². The molecule has 0 fully saturated rings. The zero-order chi connectivity index (χ0) is 16.4. The lowest BCUT2D eigenvalue weighted by molar-refractivity contribution is 0.721. The maximum Gasteiger partial charge on any atom is 0.235 e. The van der Waals surface area contributed by atoms with Crippen LogP contribution in [0.1, 0.15) is 11.3 Å². The van der Waals surface area contributed by atoms with Crippen LogP contribution in [0.25, 0.3) is 5.78 Å². The smallest absolute Gasteiger partial charge is 0.235 e. The van der Waals surface area contributed by atoms with Crippen LogP contribution in [0.2, 0.25) is 5.15 Å². The molecule has 0 aromatic carbocycles. The summed E-state index contributed by atoms with van der Waals surface area (Å²) in [5.41, 5.74) is 2.36. The zero-order valence-corrected chi connectivity index (χ0v) is 14.0. The van der Waals surface area contributed by atoms with Crippen molar-refractivity contribution < 1.29 is 0 Å². The maximum absolute atomic E-state index is 8.85. The Labute approximate surface area is 141 Å². The fraction of sp³-hybridized carbons (Fsp3) is 0.214. The summed E-state index contributed by atoms with van der Waals surface area (Å²) in [6, 6.07) is 5.47. The zero-order valence-electron chi connectivity index (χ0n) is 12.4. The second-order valence-corrected chi connectivity index (χ2v) is 5.90. The van der Waals surface area contributed by atoms with Gasteiger partial charge in [-0.1, -0.05) is 29.4 Å². The van der Waals surface area contributed by atoms with Gasteiger partial charge in [-0.05, 0) is 24.8 Å². The van der Waals surface area contributed by atoms with E-state index in [0.29, 0.717) is 28.1 Å². The third-order valence-corrected chi connectivity index (χ3v) is 4.03. The summed E-state index contributed by atoms with van der Waals surface area (Å²) in [6.07, 6.45) is 5.43. The van der Waals surface area contributed by atoms with E-state index in [9.17, 15) is 0 Å². The first kappa shape index (κ1) is 15.5. The molecule has 23 heavy (non-hydrogen) atoms. The molecule has 3 heterocycles. The van der Waals surface area contributed by atoms with Crippen molar-refractivity contribution in [3.63, 3.8) is 0 Å². The van der Waals surface area contributed by atoms with E-state index in [1.807, 2.05) is 23.8 Å². The predicted molar refractivity (Wildman–Crippen MR) is 87.0 cm³/mol. The third kappa shape index (κ3) is 3.06. The number of hydrogen-bond acceptors (Lipinski definition) is 6. The number of hydrogen-bond donors (Lipinski definition) is 0. The van der Waals surface area contributed by atoms with E-state index in [2.05, 4.69) is 20.1 Å². The Kier molecular flexibility index (Phi) is 4.32. The summed E-state index contributed by atoms with van der Waals surface area (Å²) >= 11 is 7.26. The highest BCUT2D eigenvalue weighted by Crippen LogP contribution is 2.13. The number of aromatic nitrogens is 5. The van der Waals surface area contributed by atoms with Gasteiger partial charge in [0.25, 0.3) is 0 Å². The first-order chi connectivity index (χ1) is 11.1. The molecule has 0 aliphatic heterocycles. The lowest BCUT2D eigenvalue weighted by Gasteiger charge is -2.11. The number of nitriles is 1. The number of thioether (sulfide) groups is 1. The van der Waals surface area contributed by atoms with Gasteiger partial charge in [-0.25, -0.2) is 4.98 Å². The van der Waals surface area contributed by atoms with Crippen molar-refractivity contribution >= 4 is 29.1 Å². The topological polar surface area (TPSA) is 84.2 Å². The number of pyridine rings is 1. The predicted octanol–water partition coefficient (Wildman–Crippen LogP) is 2.04. The third-order valence-electron chi connectivity index (χ3n) is 3.27. The molecule has 7 nitrogen and oxygen atoms in total. The standard InChI is InChI=1S/C14H12ClN7S/c1-9-5-12(18-8-16)22-14(19-13(20-22)23-2)21(9)7-10-3-4-11(15)17-6-10/h3-6H,7H2,1-2H3. The molecule has 0 amide bonds. The highest BCUT2D eigenvalue weighted by molar-refractivity contribution is 7.98. The molecule has 9 heteroatoms. The van der Waals surface area contributed by atoms with E-state index in [4.69, 9.17) is 16.9 Å². The van der Waals surface area contributed by atoms with Crippen molar-refractivity contribution in [2.24, 2.45) is 4.99 Å². The van der Waals surface area contributed by atoms with Gasteiger partial charge in [0.1, 0.15) is 5.15 Å². The van der Waals surface area contributed by atoms with Crippen LogP contribution in [0.15, 0.2) is 34.5 Å². The highest BCUT2D eigenvalue weighted by Gasteiger charge is 2.11. The Balaban J connectivity index is 2.20. The molecule has 3 aromatic rings. The Morgan fingerprint density at radius 3 is 2.91 bits per heavy atom. The van der Waals surface area contributed by atoms with E-state index in [-0.39, 0.29) is 0 Å². The molecule has 0 saturated heterocycles. The molecule has 0 saturated carbocycles. The first-order valence-electron chi connectivity index (χ1n) is 6.67. The van der Waals surface area contributed by atoms with Crippen LogP contribution in [-0.2, 0) is 6.54 Å². The number of rotatable bonds is 3. The van der Waals surface area contributed by atoms with E-state index in [1.54, 1.807) is 29.0 Å². The molecule has 0 unspecified atom stereocenters. The van der Waals surface area contributed by atoms with Crippen LogP contribution in [0, 0.1) is 18.4 Å². The average molecular weight is 346 g/mol. The van der Waals surface area contributed by atoms with E-state index >= 15 is 0 Å². The van der Waals surface area contributed by atoms with E-state index in [1.165, 1.54) is 11.8 Å². The lowest BCUT2D eigenvalue weighted by Crippen LogP contribution is -2.21. The maximum atomic E-state index is 8.85. The monoisotopic (exact) mass is 345 g/mol. The number of fused-ring (bicyclic) bond motifs is 1. The van der Waals surface area contributed by atoms with E-state index in [0.717, 1.165) is 11.3 Å². The summed E-state index contributed by atoms with van der Waals surface area (Å²) in [5.74, 6) is 0.623. The van der Waals surface area contributed by atoms with Crippen molar-refractivity contribution in [3.05, 3.63) is 46.3 Å². The highest BCUT2D eigenvalue weighted by atomic mass is 35.5. The SMILES string of the molecule is CSc1nc2n(Cc3ccc(Cl)nc3)c(C)cc(=NC#N)n2n1. The van der Waals surface area contributed by atoms with Gasteiger partial charge in [0.2, 0.25) is 17.1 Å². The first-order valence-corrected chi connectivity index (χ1v) is 8.27. The number of aryl methyl sites for hydroxylation is 1. The molecular weight excluding hydrogens is 334 g/mol. The summed E-state index contributed by atoms with van der Waals surface area (Å²) in [5, 5.41) is 14.3. The summed E-state index contributed by atoms with van der Waals surface area (Å²) in [7, 11) is 0. The van der Waals surface area contributed by atoms with Crippen molar-refractivity contribution in [1.29, 1.82) is 5.26 Å². The molecule has 3 rings (SSSR count). The van der Waals surface area contributed by atoms with Crippen LogP contribution in [0.4, 0.5) is 0 Å². The van der Waals surface area contributed by atoms with Crippen molar-refractivity contribution in [1.82, 2.24) is 24.1 Å². The van der Waals surface area contributed by atoms with Crippen molar-refractivity contribution in [2.75, 3.05) is 6.26 Å². The quantitative estimate of drug-likeness (QED) is 0.412. The largest absolute Gasteiger partial charge is 0.310 e. The minimum Gasteiger partial charge on any atom is -0.310 e. The second kappa shape index (κ2) is 6.40. The van der Waals surface area contributed by atoms with Crippen LogP contribution in [-0.4, -0.2) is 30.4 Å². The molecule has 0 radical (unpaired) electrons. The Morgan fingerprint density at radius 2 is 2.26 bits per heavy atom. The lowest BCUT2D eigenvalue weighted by atomic mass is 10.2. The summed E-state index contributed by atoms with van der Waals surface area (Å²) in [6.45, 7) is 2.51. The van der Waals surface area contributed by atoms with Gasteiger partial charge in [-0.2, -0.15) is 19.8 Å². The molecule has 0 atom stereocenters. The fourth-order valence-corrected chi connectivity index (χ4v) is 2.64. The van der Waals surface area contributed by atoms with Gasteiger partial charge in [-0.3, -0.25) is 0 Å². The van der Waals surface area contributed by atoms with Gasteiger partial charge in [0.15, 0.2) is 5.49 Å². The van der Waals surface area contributed by atoms with Gasteiger partial charge in [0.05, 0.1) is 6.54 Å².